The molecule has 0 aromatic rings. The van der Waals surface area contributed by atoms with Gasteiger partial charge >= 0.3 is 0 Å². The van der Waals surface area contributed by atoms with Gasteiger partial charge in [-0.05, 0) is 0 Å². The van der Waals surface area contributed by atoms with Crippen LogP contribution in [0.15, 0.2) is 12.2 Å². The minimum absolute atomic E-state index is 0.597. The molecular weight excluding hydrogens is 228 g/mol. The van der Waals surface area contributed by atoms with Crippen molar-refractivity contribution in [1.82, 2.24) is 0 Å². The summed E-state index contributed by atoms with van der Waals surface area (Å²) in [6.07, 6.45) is 3.90. The van der Waals surface area contributed by atoms with Crippen molar-refractivity contribution in [2.24, 2.45) is 0 Å². The third-order valence-corrected chi connectivity index (χ3v) is 1.87. The van der Waals surface area contributed by atoms with Crippen LogP contribution in [0.1, 0.15) is 0 Å². The van der Waals surface area contributed by atoms with E-state index in [1.165, 1.54) is 0 Å². The van der Waals surface area contributed by atoms with Crippen molar-refractivity contribution in [3.05, 3.63) is 12.2 Å². The van der Waals surface area contributed by atoms with Crippen LogP contribution in [0.3, 0.4) is 0 Å². The lowest BCUT2D eigenvalue weighted by Crippen LogP contribution is -2.11. The van der Waals surface area contributed by atoms with Crippen LogP contribution in [-0.4, -0.2) is 59.1 Å². The Morgan fingerprint density at radius 3 is 1.94 bits per heavy atom. The first-order valence-corrected chi connectivity index (χ1v) is 6.03. The zero-order valence-electron chi connectivity index (χ0n) is 9.89. The smallest absolute Gasteiger partial charge is 0.0704 e. The number of thiol groups is 1. The van der Waals surface area contributed by atoms with Crippen LogP contribution in [0.25, 0.3) is 0 Å². The molecule has 0 fully saturated rings. The Morgan fingerprint density at radius 2 is 1.38 bits per heavy atom. The maximum Gasteiger partial charge on any atom is 0.0704 e. The molecule has 0 rings (SSSR count). The molecule has 5 heteroatoms. The van der Waals surface area contributed by atoms with Gasteiger partial charge in [0.15, 0.2) is 0 Å². The first-order chi connectivity index (χ1) is 7.91. The van der Waals surface area contributed by atoms with Crippen LogP contribution in [0.4, 0.5) is 0 Å². The molecule has 0 spiro atoms. The van der Waals surface area contributed by atoms with Gasteiger partial charge in [0.2, 0.25) is 0 Å². The molecule has 0 amide bonds. The SMILES string of the molecule is COCCOCCOCCOC/C=C/CS. The van der Waals surface area contributed by atoms with Gasteiger partial charge in [-0.2, -0.15) is 12.6 Å². The summed E-state index contributed by atoms with van der Waals surface area (Å²) in [5.41, 5.74) is 0. The molecule has 0 bridgehead atoms. The molecule has 4 nitrogen and oxygen atoms in total. The molecule has 0 aromatic carbocycles. The largest absolute Gasteiger partial charge is 0.382 e. The molecule has 0 saturated heterocycles. The van der Waals surface area contributed by atoms with E-state index in [9.17, 15) is 0 Å². The Kier molecular flexibility index (Phi) is 14.9. The Balaban J connectivity index is 2.90. The van der Waals surface area contributed by atoms with Crippen molar-refractivity contribution in [3.8, 4) is 0 Å². The van der Waals surface area contributed by atoms with Crippen LogP contribution >= 0.6 is 12.6 Å². The summed E-state index contributed by atoms with van der Waals surface area (Å²) in [6, 6.07) is 0. The first kappa shape index (κ1) is 15.9. The molecule has 0 radical (unpaired) electrons. The lowest BCUT2D eigenvalue weighted by Gasteiger charge is -2.05. The quantitative estimate of drug-likeness (QED) is 0.320. The van der Waals surface area contributed by atoms with Gasteiger partial charge in [-0.1, -0.05) is 12.2 Å². The second-order valence-electron chi connectivity index (χ2n) is 2.95. The molecular formula is C11H22O4S. The Bertz CT molecular complexity index is 153. The minimum atomic E-state index is 0.597. The van der Waals surface area contributed by atoms with Gasteiger partial charge in [-0.15, -0.1) is 0 Å². The average molecular weight is 250 g/mol. The van der Waals surface area contributed by atoms with Crippen molar-refractivity contribution in [2.75, 3.05) is 59.1 Å². The van der Waals surface area contributed by atoms with Gasteiger partial charge < -0.3 is 18.9 Å². The van der Waals surface area contributed by atoms with Crippen LogP contribution in [0.5, 0.6) is 0 Å². The fourth-order valence-electron chi connectivity index (χ4n) is 0.876. The summed E-state index contributed by atoms with van der Waals surface area (Å²) in [4.78, 5) is 0. The molecule has 96 valence electrons. The van der Waals surface area contributed by atoms with E-state index in [0.29, 0.717) is 46.2 Å². The number of hydrogen-bond donors (Lipinski definition) is 1. The van der Waals surface area contributed by atoms with Gasteiger partial charge in [-0.25, -0.2) is 0 Å². The fraction of sp³-hybridized carbons (Fsp3) is 0.818. The molecule has 0 aliphatic carbocycles. The van der Waals surface area contributed by atoms with Crippen molar-refractivity contribution >= 4 is 12.6 Å². The highest BCUT2D eigenvalue weighted by atomic mass is 32.1. The average Bonchev–Trinajstić information content (AvgIpc) is 2.31. The molecule has 0 unspecified atom stereocenters. The molecule has 0 heterocycles. The maximum atomic E-state index is 5.29. The summed E-state index contributed by atoms with van der Waals surface area (Å²) in [7, 11) is 1.65. The summed E-state index contributed by atoms with van der Waals surface area (Å²) in [5, 5.41) is 0. The van der Waals surface area contributed by atoms with Gasteiger partial charge in [0.25, 0.3) is 0 Å². The van der Waals surface area contributed by atoms with Crippen molar-refractivity contribution in [2.45, 2.75) is 0 Å². The fourth-order valence-corrected chi connectivity index (χ4v) is 1.03. The van der Waals surface area contributed by atoms with Crippen LogP contribution in [0.2, 0.25) is 0 Å². The van der Waals surface area contributed by atoms with E-state index >= 15 is 0 Å². The summed E-state index contributed by atoms with van der Waals surface area (Å²) in [5.74, 6) is 0.749. The van der Waals surface area contributed by atoms with Gasteiger partial charge in [0.1, 0.15) is 0 Å². The summed E-state index contributed by atoms with van der Waals surface area (Å²) < 4.78 is 20.6. The lowest BCUT2D eigenvalue weighted by atomic mass is 10.5. The highest BCUT2D eigenvalue weighted by Gasteiger charge is 1.90. The van der Waals surface area contributed by atoms with E-state index < -0.39 is 0 Å². The van der Waals surface area contributed by atoms with E-state index in [-0.39, 0.29) is 0 Å². The lowest BCUT2D eigenvalue weighted by molar-refractivity contribution is 0.00707. The van der Waals surface area contributed by atoms with Crippen LogP contribution in [0, 0.1) is 0 Å². The zero-order chi connectivity index (χ0) is 11.9. The highest BCUT2D eigenvalue weighted by Crippen LogP contribution is 1.83. The second kappa shape index (κ2) is 14.9. The molecule has 0 aliphatic heterocycles. The zero-order valence-corrected chi connectivity index (χ0v) is 10.8. The highest BCUT2D eigenvalue weighted by molar-refractivity contribution is 7.80. The Hall–Kier alpha value is -0.0700. The van der Waals surface area contributed by atoms with Gasteiger partial charge in [0.05, 0.1) is 46.2 Å². The van der Waals surface area contributed by atoms with E-state index in [0.717, 1.165) is 5.75 Å². The predicted molar refractivity (Wildman–Crippen MR) is 67.3 cm³/mol. The van der Waals surface area contributed by atoms with Gasteiger partial charge in [0, 0.05) is 12.9 Å². The molecule has 0 aliphatic rings. The van der Waals surface area contributed by atoms with Crippen molar-refractivity contribution < 1.29 is 18.9 Å². The first-order valence-electron chi connectivity index (χ1n) is 5.40. The number of rotatable bonds is 12. The van der Waals surface area contributed by atoms with E-state index in [4.69, 9.17) is 18.9 Å². The van der Waals surface area contributed by atoms with E-state index in [2.05, 4.69) is 12.6 Å². The molecule has 16 heavy (non-hydrogen) atoms. The Morgan fingerprint density at radius 1 is 0.812 bits per heavy atom. The normalized spacial score (nSPS) is 11.4. The van der Waals surface area contributed by atoms with E-state index in [1.54, 1.807) is 7.11 Å². The topological polar surface area (TPSA) is 36.9 Å². The summed E-state index contributed by atoms with van der Waals surface area (Å²) >= 11 is 4.04. The Labute approximate surface area is 103 Å². The standard InChI is InChI=1S/C11H22O4S/c1-12-5-6-14-9-10-15-8-7-13-4-2-3-11-16/h2-3,16H,4-11H2,1H3/b3-2+. The number of methoxy groups -OCH3 is 1. The monoisotopic (exact) mass is 250 g/mol. The molecule has 0 saturated carbocycles. The van der Waals surface area contributed by atoms with Crippen molar-refractivity contribution in [3.63, 3.8) is 0 Å². The maximum absolute atomic E-state index is 5.29. The molecule has 0 N–H and O–H groups in total. The summed E-state index contributed by atoms with van der Waals surface area (Å²) in [6.45, 7) is 4.26. The van der Waals surface area contributed by atoms with Crippen molar-refractivity contribution in [1.29, 1.82) is 0 Å². The second-order valence-corrected chi connectivity index (χ2v) is 3.31. The number of ether oxygens (including phenoxy) is 4. The predicted octanol–water partition coefficient (Wildman–Crippen LogP) is 1.17. The third kappa shape index (κ3) is 13.9. The minimum Gasteiger partial charge on any atom is -0.382 e. The molecule has 0 atom stereocenters. The van der Waals surface area contributed by atoms with Crippen LogP contribution < -0.4 is 0 Å². The third-order valence-electron chi connectivity index (χ3n) is 1.66. The number of hydrogen-bond acceptors (Lipinski definition) is 5. The van der Waals surface area contributed by atoms with Crippen LogP contribution in [-0.2, 0) is 18.9 Å². The van der Waals surface area contributed by atoms with Gasteiger partial charge in [-0.3, -0.25) is 0 Å². The molecule has 0 aromatic heterocycles. The van der Waals surface area contributed by atoms with E-state index in [1.807, 2.05) is 12.2 Å².